The fourth-order valence-corrected chi connectivity index (χ4v) is 2.34. The Balaban J connectivity index is 2.46. The number of carbonyl (C=O) groups is 1. The first-order valence-corrected chi connectivity index (χ1v) is 6.24. The summed E-state index contributed by atoms with van der Waals surface area (Å²) in [7, 11) is 0. The first-order chi connectivity index (χ1) is 9.72. The van der Waals surface area contributed by atoms with Gasteiger partial charge in [0.05, 0.1) is 12.0 Å². The summed E-state index contributed by atoms with van der Waals surface area (Å²) >= 11 is 0. The lowest BCUT2D eigenvalue weighted by molar-refractivity contribution is -0.137. The highest BCUT2D eigenvalue weighted by Gasteiger charge is 2.38. The van der Waals surface area contributed by atoms with Crippen LogP contribution >= 0.6 is 0 Å². The zero-order valence-corrected chi connectivity index (χ0v) is 11.0. The first kappa shape index (κ1) is 15.3. The van der Waals surface area contributed by atoms with Crippen LogP contribution in [0, 0.1) is 0 Å². The molecule has 2 nitrogen and oxygen atoms in total. The predicted octanol–water partition coefficient (Wildman–Crippen LogP) is 3.63. The molecule has 1 aliphatic rings. The Bertz CT molecular complexity index is 618. The molecule has 0 fully saturated rings. The molecule has 2 N–H and O–H groups in total. The van der Waals surface area contributed by atoms with Crippen LogP contribution in [-0.2, 0) is 11.0 Å². The molecule has 0 saturated heterocycles. The van der Waals surface area contributed by atoms with Gasteiger partial charge in [-0.1, -0.05) is 30.4 Å². The van der Waals surface area contributed by atoms with Crippen LogP contribution in [0.5, 0.6) is 0 Å². The van der Waals surface area contributed by atoms with Crippen molar-refractivity contribution >= 4 is 11.5 Å². The van der Waals surface area contributed by atoms with E-state index >= 15 is 0 Å². The molecule has 1 aliphatic carbocycles. The molecular weight excluding hydrogens is 286 g/mol. The Kier molecular flexibility index (Phi) is 3.89. The SMILES string of the molecule is NC(=O)CC1(F)CC=CC=C1c1cccc(C(F)(F)F)c1. The average Bonchev–Trinajstić information content (AvgIpc) is 2.37. The van der Waals surface area contributed by atoms with Gasteiger partial charge in [0, 0.05) is 6.42 Å². The number of amides is 1. The Morgan fingerprint density at radius 3 is 2.67 bits per heavy atom. The van der Waals surface area contributed by atoms with Gasteiger partial charge in [-0.2, -0.15) is 13.2 Å². The molecular formula is C15H13F4NO. The summed E-state index contributed by atoms with van der Waals surface area (Å²) in [5, 5.41) is 0. The molecule has 0 bridgehead atoms. The smallest absolute Gasteiger partial charge is 0.370 e. The van der Waals surface area contributed by atoms with Gasteiger partial charge in [0.2, 0.25) is 5.91 Å². The number of nitrogens with two attached hydrogens (primary N) is 1. The Labute approximate surface area is 118 Å². The van der Waals surface area contributed by atoms with E-state index in [-0.39, 0.29) is 17.6 Å². The van der Waals surface area contributed by atoms with E-state index in [2.05, 4.69) is 0 Å². The molecule has 1 aromatic rings. The lowest BCUT2D eigenvalue weighted by Crippen LogP contribution is -2.32. The second kappa shape index (κ2) is 5.35. The maximum Gasteiger partial charge on any atom is 0.416 e. The van der Waals surface area contributed by atoms with Crippen molar-refractivity contribution < 1.29 is 22.4 Å². The van der Waals surface area contributed by atoms with Crippen molar-refractivity contribution in [1.82, 2.24) is 0 Å². The minimum absolute atomic E-state index is 0.0369. The van der Waals surface area contributed by atoms with Gasteiger partial charge in [-0.3, -0.25) is 4.79 Å². The quantitative estimate of drug-likeness (QED) is 0.851. The summed E-state index contributed by atoms with van der Waals surface area (Å²) < 4.78 is 53.1. The summed E-state index contributed by atoms with van der Waals surface area (Å²) in [6.45, 7) is 0. The van der Waals surface area contributed by atoms with Crippen molar-refractivity contribution in [3.05, 3.63) is 53.6 Å². The molecule has 0 saturated carbocycles. The third-order valence-corrected chi connectivity index (χ3v) is 3.28. The number of hydrogen-bond donors (Lipinski definition) is 1. The molecule has 0 radical (unpaired) electrons. The highest BCUT2D eigenvalue weighted by atomic mass is 19.4. The van der Waals surface area contributed by atoms with Crippen LogP contribution in [0.1, 0.15) is 24.0 Å². The molecule has 0 aliphatic heterocycles. The van der Waals surface area contributed by atoms with Gasteiger partial charge < -0.3 is 5.73 Å². The lowest BCUT2D eigenvalue weighted by atomic mass is 9.81. The first-order valence-electron chi connectivity index (χ1n) is 6.24. The van der Waals surface area contributed by atoms with Crippen molar-refractivity contribution in [1.29, 1.82) is 0 Å². The van der Waals surface area contributed by atoms with Crippen molar-refractivity contribution in [3.63, 3.8) is 0 Å². The number of alkyl halides is 4. The molecule has 1 atom stereocenters. The van der Waals surface area contributed by atoms with Crippen molar-refractivity contribution in [2.45, 2.75) is 24.7 Å². The summed E-state index contributed by atoms with van der Waals surface area (Å²) in [6, 6.07) is 4.38. The lowest BCUT2D eigenvalue weighted by Gasteiger charge is -2.28. The van der Waals surface area contributed by atoms with Crippen LogP contribution in [0.25, 0.3) is 5.57 Å². The van der Waals surface area contributed by atoms with Crippen molar-refractivity contribution in [3.8, 4) is 0 Å². The molecule has 21 heavy (non-hydrogen) atoms. The zero-order valence-electron chi connectivity index (χ0n) is 11.0. The van der Waals surface area contributed by atoms with E-state index in [4.69, 9.17) is 5.73 Å². The largest absolute Gasteiger partial charge is 0.416 e. The standard InChI is InChI=1S/C15H13F4NO/c16-14(9-13(20)21)7-2-1-6-12(14)10-4-3-5-11(8-10)15(17,18)19/h1-6,8H,7,9H2,(H2,20,21). The van der Waals surface area contributed by atoms with E-state index in [0.717, 1.165) is 12.1 Å². The van der Waals surface area contributed by atoms with Gasteiger partial charge in [0.25, 0.3) is 0 Å². The topological polar surface area (TPSA) is 43.1 Å². The second-order valence-electron chi connectivity index (χ2n) is 4.90. The monoisotopic (exact) mass is 299 g/mol. The van der Waals surface area contributed by atoms with Gasteiger partial charge >= 0.3 is 6.18 Å². The summed E-state index contributed by atoms with van der Waals surface area (Å²) in [5.41, 5.74) is 2.23. The van der Waals surface area contributed by atoms with Crippen molar-refractivity contribution in [2.24, 2.45) is 5.73 Å². The molecule has 0 heterocycles. The molecule has 2 rings (SSSR count). The predicted molar refractivity (Wildman–Crippen MR) is 70.8 cm³/mol. The van der Waals surface area contributed by atoms with E-state index < -0.39 is 29.7 Å². The number of allylic oxidation sites excluding steroid dienone is 4. The minimum Gasteiger partial charge on any atom is -0.370 e. The van der Waals surface area contributed by atoms with Crippen molar-refractivity contribution in [2.75, 3.05) is 0 Å². The van der Waals surface area contributed by atoms with Gasteiger partial charge in [-0.15, -0.1) is 0 Å². The molecule has 112 valence electrons. The van der Waals surface area contributed by atoms with E-state index in [9.17, 15) is 22.4 Å². The number of primary amides is 1. The molecule has 0 aromatic heterocycles. The summed E-state index contributed by atoms with van der Waals surface area (Å²) in [4.78, 5) is 11.0. The fourth-order valence-electron chi connectivity index (χ4n) is 2.34. The molecule has 1 unspecified atom stereocenters. The average molecular weight is 299 g/mol. The van der Waals surface area contributed by atoms with Gasteiger partial charge in [0.1, 0.15) is 5.67 Å². The molecule has 0 spiro atoms. The van der Waals surface area contributed by atoms with Crippen LogP contribution < -0.4 is 5.73 Å². The highest BCUT2D eigenvalue weighted by molar-refractivity contribution is 5.83. The third kappa shape index (κ3) is 3.32. The van der Waals surface area contributed by atoms with Gasteiger partial charge in [-0.05, 0) is 23.3 Å². The minimum atomic E-state index is -4.51. The Hall–Kier alpha value is -2.11. The zero-order chi connectivity index (χ0) is 15.7. The normalized spacial score (nSPS) is 22.0. The van der Waals surface area contributed by atoms with E-state index in [1.165, 1.54) is 24.3 Å². The number of rotatable bonds is 3. The van der Waals surface area contributed by atoms with Crippen LogP contribution in [0.3, 0.4) is 0 Å². The van der Waals surface area contributed by atoms with E-state index in [1.54, 1.807) is 6.08 Å². The molecule has 6 heteroatoms. The molecule has 1 amide bonds. The maximum atomic E-state index is 14.9. The maximum absolute atomic E-state index is 14.9. The number of benzene rings is 1. The van der Waals surface area contributed by atoms with Gasteiger partial charge in [-0.25, -0.2) is 4.39 Å². The number of carbonyl (C=O) groups excluding carboxylic acids is 1. The second-order valence-corrected chi connectivity index (χ2v) is 4.90. The van der Waals surface area contributed by atoms with Crippen LogP contribution in [-0.4, -0.2) is 11.6 Å². The number of halogens is 4. The fraction of sp³-hybridized carbons (Fsp3) is 0.267. The van der Waals surface area contributed by atoms with E-state index in [0.29, 0.717) is 0 Å². The summed E-state index contributed by atoms with van der Waals surface area (Å²) in [5.74, 6) is -0.842. The highest BCUT2D eigenvalue weighted by Crippen LogP contribution is 2.41. The molecule has 1 aromatic carbocycles. The van der Waals surface area contributed by atoms with Crippen LogP contribution in [0.15, 0.2) is 42.5 Å². The van der Waals surface area contributed by atoms with Crippen LogP contribution in [0.4, 0.5) is 17.6 Å². The summed E-state index contributed by atoms with van der Waals surface area (Å²) in [6.07, 6.45) is -0.739. The third-order valence-electron chi connectivity index (χ3n) is 3.28. The number of hydrogen-bond acceptors (Lipinski definition) is 1. The van der Waals surface area contributed by atoms with E-state index in [1.807, 2.05) is 0 Å². The van der Waals surface area contributed by atoms with Crippen LogP contribution in [0.2, 0.25) is 0 Å². The Morgan fingerprint density at radius 1 is 1.33 bits per heavy atom. The van der Waals surface area contributed by atoms with Gasteiger partial charge in [0.15, 0.2) is 0 Å². The Morgan fingerprint density at radius 2 is 2.05 bits per heavy atom.